The molecule has 1 N–H and O–H groups in total. The van der Waals surface area contributed by atoms with Crippen molar-refractivity contribution >= 4 is 33.5 Å². The molecule has 0 aliphatic heterocycles. The van der Waals surface area contributed by atoms with Gasteiger partial charge in [0.1, 0.15) is 0 Å². The fraction of sp³-hybridized carbons (Fsp3) is 0.385. The van der Waals surface area contributed by atoms with Crippen LogP contribution in [0.25, 0.3) is 0 Å². The van der Waals surface area contributed by atoms with Crippen LogP contribution in [-0.4, -0.2) is 23.8 Å². The van der Waals surface area contributed by atoms with Gasteiger partial charge < -0.3 is 10.1 Å². The van der Waals surface area contributed by atoms with Gasteiger partial charge in [-0.3, -0.25) is 4.79 Å². The molecule has 0 saturated carbocycles. The molecule has 1 aromatic carbocycles. The zero-order valence-corrected chi connectivity index (χ0v) is 12.2. The van der Waals surface area contributed by atoms with Crippen molar-refractivity contribution in [3.05, 3.63) is 29.8 Å². The van der Waals surface area contributed by atoms with Crippen LogP contribution < -0.4 is 5.32 Å². The van der Waals surface area contributed by atoms with Crippen LogP contribution in [0, 0.1) is 5.92 Å². The monoisotopic (exact) mass is 313 g/mol. The van der Waals surface area contributed by atoms with Crippen LogP contribution >= 0.6 is 15.9 Å². The third kappa shape index (κ3) is 3.84. The number of hydrogen-bond donors (Lipinski definition) is 1. The predicted molar refractivity (Wildman–Crippen MR) is 74.0 cm³/mol. The van der Waals surface area contributed by atoms with E-state index in [1.807, 2.05) is 13.8 Å². The average Bonchev–Trinajstić information content (AvgIpc) is 2.37. The summed E-state index contributed by atoms with van der Waals surface area (Å²) in [7, 11) is 1.33. The second kappa shape index (κ2) is 6.54. The first-order chi connectivity index (χ1) is 8.45. The van der Waals surface area contributed by atoms with Crippen LogP contribution in [0.2, 0.25) is 0 Å². The quantitative estimate of drug-likeness (QED) is 0.687. The Hall–Kier alpha value is -1.36. The number of benzene rings is 1. The van der Waals surface area contributed by atoms with E-state index >= 15 is 0 Å². The minimum Gasteiger partial charge on any atom is -0.465 e. The van der Waals surface area contributed by atoms with Crippen LogP contribution in [0.1, 0.15) is 24.2 Å². The van der Waals surface area contributed by atoms with Crippen LogP contribution in [-0.2, 0) is 9.53 Å². The number of hydrogen-bond acceptors (Lipinski definition) is 3. The van der Waals surface area contributed by atoms with Crippen molar-refractivity contribution in [2.75, 3.05) is 12.4 Å². The Balaban J connectivity index is 2.69. The van der Waals surface area contributed by atoms with Gasteiger partial charge >= 0.3 is 5.97 Å². The summed E-state index contributed by atoms with van der Waals surface area (Å²) in [6.07, 6.45) is 0. The summed E-state index contributed by atoms with van der Waals surface area (Å²) >= 11 is 3.33. The zero-order chi connectivity index (χ0) is 13.7. The molecule has 98 valence electrons. The number of nitrogens with one attached hydrogen (secondary N) is 1. The van der Waals surface area contributed by atoms with Gasteiger partial charge in [-0.15, -0.1) is 0 Å². The number of halogens is 1. The van der Waals surface area contributed by atoms with Crippen LogP contribution in [0.3, 0.4) is 0 Å². The summed E-state index contributed by atoms with van der Waals surface area (Å²) in [5, 5.41) is 2.77. The minimum atomic E-state index is -0.395. The third-order valence-corrected chi connectivity index (χ3v) is 3.88. The number of methoxy groups -OCH3 is 1. The van der Waals surface area contributed by atoms with Gasteiger partial charge in [-0.1, -0.05) is 29.8 Å². The maximum atomic E-state index is 11.8. The minimum absolute atomic E-state index is 0.101. The molecule has 0 aromatic heterocycles. The number of esters is 1. The third-order valence-electron chi connectivity index (χ3n) is 2.41. The molecular formula is C13H16BrNO3. The van der Waals surface area contributed by atoms with Gasteiger partial charge in [-0.2, -0.15) is 0 Å². The van der Waals surface area contributed by atoms with Crippen molar-refractivity contribution in [1.29, 1.82) is 0 Å². The summed E-state index contributed by atoms with van der Waals surface area (Å²) in [5.74, 6) is -0.288. The van der Waals surface area contributed by atoms with Crippen molar-refractivity contribution in [1.82, 2.24) is 0 Å². The van der Waals surface area contributed by atoms with Gasteiger partial charge in [0.2, 0.25) is 5.91 Å². The molecule has 0 aliphatic carbocycles. The number of alkyl halides is 1. The van der Waals surface area contributed by atoms with Crippen molar-refractivity contribution in [2.24, 2.45) is 5.92 Å². The molecule has 0 spiro atoms. The summed E-state index contributed by atoms with van der Waals surface area (Å²) in [4.78, 5) is 22.8. The number of amides is 1. The second-order valence-electron chi connectivity index (χ2n) is 4.20. The van der Waals surface area contributed by atoms with E-state index < -0.39 is 5.97 Å². The summed E-state index contributed by atoms with van der Waals surface area (Å²) in [5.41, 5.74) is 1.10. The van der Waals surface area contributed by atoms with Gasteiger partial charge in [0.25, 0.3) is 0 Å². The predicted octanol–water partition coefficient (Wildman–Crippen LogP) is 2.83. The lowest BCUT2D eigenvalue weighted by Crippen LogP contribution is -2.26. The van der Waals surface area contributed by atoms with Crippen molar-refractivity contribution < 1.29 is 14.3 Å². The highest BCUT2D eigenvalue weighted by molar-refractivity contribution is 9.10. The molecule has 18 heavy (non-hydrogen) atoms. The summed E-state index contributed by atoms with van der Waals surface area (Å²) in [6.45, 7) is 3.92. The van der Waals surface area contributed by atoms with Crippen LogP contribution in [0.4, 0.5) is 5.69 Å². The van der Waals surface area contributed by atoms with E-state index in [2.05, 4.69) is 26.0 Å². The van der Waals surface area contributed by atoms with E-state index in [9.17, 15) is 9.59 Å². The second-order valence-corrected chi connectivity index (χ2v) is 5.19. The molecule has 0 bridgehead atoms. The van der Waals surface area contributed by atoms with Crippen molar-refractivity contribution in [3.63, 3.8) is 0 Å². The topological polar surface area (TPSA) is 55.4 Å². The van der Waals surface area contributed by atoms with Crippen LogP contribution in [0.5, 0.6) is 0 Å². The first-order valence-corrected chi connectivity index (χ1v) is 6.50. The fourth-order valence-corrected chi connectivity index (χ4v) is 1.44. The molecule has 0 saturated heterocycles. The van der Waals surface area contributed by atoms with E-state index in [1.54, 1.807) is 24.3 Å². The van der Waals surface area contributed by atoms with E-state index in [4.69, 9.17) is 0 Å². The lowest BCUT2D eigenvalue weighted by Gasteiger charge is -2.13. The lowest BCUT2D eigenvalue weighted by molar-refractivity contribution is -0.116. The van der Waals surface area contributed by atoms with Gasteiger partial charge in [-0.25, -0.2) is 4.79 Å². The average molecular weight is 314 g/mol. The first kappa shape index (κ1) is 14.7. The number of anilines is 1. The molecule has 1 atom stereocenters. The van der Waals surface area contributed by atoms with E-state index in [0.29, 0.717) is 11.3 Å². The Kier molecular flexibility index (Phi) is 5.34. The molecule has 1 rings (SSSR count). The normalized spacial score (nSPS) is 12.1. The molecule has 1 amide bonds. The molecule has 1 aromatic rings. The van der Waals surface area contributed by atoms with E-state index in [1.165, 1.54) is 7.11 Å². The van der Waals surface area contributed by atoms with Gasteiger partial charge in [0.15, 0.2) is 0 Å². The maximum Gasteiger partial charge on any atom is 0.337 e. The lowest BCUT2D eigenvalue weighted by atomic mass is 10.1. The van der Waals surface area contributed by atoms with Gasteiger partial charge in [0, 0.05) is 5.69 Å². The van der Waals surface area contributed by atoms with Crippen molar-refractivity contribution in [2.45, 2.75) is 18.7 Å². The number of carbonyl (C=O) groups is 2. The van der Waals surface area contributed by atoms with Gasteiger partial charge in [0.05, 0.1) is 17.5 Å². The number of carbonyl (C=O) groups excluding carboxylic acids is 2. The Morgan fingerprint density at radius 1 is 1.22 bits per heavy atom. The molecule has 0 heterocycles. The Labute approximate surface area is 115 Å². The Bertz CT molecular complexity index is 428. The smallest absolute Gasteiger partial charge is 0.337 e. The Morgan fingerprint density at radius 2 is 1.78 bits per heavy atom. The molecule has 0 fully saturated rings. The largest absolute Gasteiger partial charge is 0.465 e. The first-order valence-electron chi connectivity index (χ1n) is 5.59. The number of rotatable bonds is 4. The zero-order valence-electron chi connectivity index (χ0n) is 10.6. The molecule has 0 aliphatic rings. The number of ether oxygens (including phenoxy) is 1. The molecule has 0 radical (unpaired) electrons. The SMILES string of the molecule is COC(=O)c1ccc(NC(=O)C(Br)C(C)C)cc1. The fourth-order valence-electron chi connectivity index (χ4n) is 1.32. The standard InChI is InChI=1S/C13H16BrNO3/c1-8(2)11(14)12(16)15-10-6-4-9(5-7-10)13(17)18-3/h4-8,11H,1-3H3,(H,15,16). The molecule has 5 heteroatoms. The summed E-state index contributed by atoms with van der Waals surface area (Å²) < 4.78 is 4.59. The van der Waals surface area contributed by atoms with E-state index in [-0.39, 0.29) is 16.7 Å². The van der Waals surface area contributed by atoms with Gasteiger partial charge in [-0.05, 0) is 30.2 Å². The highest BCUT2D eigenvalue weighted by atomic mass is 79.9. The molecular weight excluding hydrogens is 298 g/mol. The summed E-state index contributed by atoms with van der Waals surface area (Å²) in [6, 6.07) is 6.56. The highest BCUT2D eigenvalue weighted by Crippen LogP contribution is 2.16. The molecule has 1 unspecified atom stereocenters. The highest BCUT2D eigenvalue weighted by Gasteiger charge is 2.18. The van der Waals surface area contributed by atoms with Crippen LogP contribution in [0.15, 0.2) is 24.3 Å². The molecule has 4 nitrogen and oxygen atoms in total. The Morgan fingerprint density at radius 3 is 2.22 bits per heavy atom. The van der Waals surface area contributed by atoms with Crippen molar-refractivity contribution in [3.8, 4) is 0 Å². The maximum absolute atomic E-state index is 11.8. The van der Waals surface area contributed by atoms with E-state index in [0.717, 1.165) is 0 Å².